The van der Waals surface area contributed by atoms with Crippen LogP contribution in [0.2, 0.25) is 0 Å². The molecule has 0 aromatic carbocycles. The van der Waals surface area contributed by atoms with Gasteiger partial charge >= 0.3 is 0 Å². The van der Waals surface area contributed by atoms with E-state index in [-0.39, 0.29) is 12.1 Å². The van der Waals surface area contributed by atoms with Gasteiger partial charge in [-0.1, -0.05) is 20.3 Å². The molecule has 3 nitrogen and oxygen atoms in total. The van der Waals surface area contributed by atoms with Crippen LogP contribution in [0.25, 0.3) is 0 Å². The molecule has 0 aromatic rings. The van der Waals surface area contributed by atoms with Crippen molar-refractivity contribution >= 4 is 0 Å². The molecular weight excluding hydrogens is 260 g/mol. The van der Waals surface area contributed by atoms with Crippen molar-refractivity contribution in [1.29, 1.82) is 0 Å². The zero-order chi connectivity index (χ0) is 15.5. The lowest BCUT2D eigenvalue weighted by Crippen LogP contribution is -2.49. The molecule has 0 aliphatic heterocycles. The third-order valence-corrected chi connectivity index (χ3v) is 5.69. The summed E-state index contributed by atoms with van der Waals surface area (Å²) in [4.78, 5) is 2.53. The lowest BCUT2D eigenvalue weighted by atomic mass is 9.88. The predicted octanol–water partition coefficient (Wildman–Crippen LogP) is 2.88. The van der Waals surface area contributed by atoms with Crippen molar-refractivity contribution in [2.24, 2.45) is 17.8 Å². The van der Waals surface area contributed by atoms with Gasteiger partial charge in [-0.3, -0.25) is 0 Å². The van der Waals surface area contributed by atoms with Crippen molar-refractivity contribution < 1.29 is 5.11 Å². The van der Waals surface area contributed by atoms with E-state index in [4.69, 9.17) is 0 Å². The summed E-state index contributed by atoms with van der Waals surface area (Å²) in [5.74, 6) is 3.05. The number of hydrogen-bond donors (Lipinski definition) is 2. The maximum absolute atomic E-state index is 9.62. The first-order chi connectivity index (χ1) is 9.92. The largest absolute Gasteiger partial charge is 0.394 e. The van der Waals surface area contributed by atoms with Crippen molar-refractivity contribution in [1.82, 2.24) is 10.2 Å². The Labute approximate surface area is 131 Å². The van der Waals surface area contributed by atoms with Gasteiger partial charge in [0.25, 0.3) is 0 Å². The zero-order valence-electron chi connectivity index (χ0n) is 14.6. The fourth-order valence-electron chi connectivity index (χ4n) is 4.72. The third-order valence-electron chi connectivity index (χ3n) is 5.69. The molecule has 0 aromatic heterocycles. The van der Waals surface area contributed by atoms with Crippen molar-refractivity contribution in [3.05, 3.63) is 0 Å². The number of hydrogen-bond acceptors (Lipinski definition) is 3. The third kappa shape index (κ3) is 4.94. The van der Waals surface area contributed by atoms with Crippen molar-refractivity contribution in [3.63, 3.8) is 0 Å². The second-order valence-electron chi connectivity index (χ2n) is 8.32. The van der Waals surface area contributed by atoms with Crippen LogP contribution in [0, 0.1) is 17.8 Å². The number of rotatable bonds is 9. The minimum Gasteiger partial charge on any atom is -0.394 e. The highest BCUT2D eigenvalue weighted by atomic mass is 16.3. The maximum Gasteiger partial charge on any atom is 0.0610 e. The Balaban J connectivity index is 1.65. The summed E-state index contributed by atoms with van der Waals surface area (Å²) in [7, 11) is 2.28. The molecule has 2 rings (SSSR count). The van der Waals surface area contributed by atoms with Gasteiger partial charge in [0.05, 0.1) is 6.61 Å². The molecule has 0 saturated heterocycles. The Hall–Kier alpha value is -0.120. The molecule has 4 atom stereocenters. The van der Waals surface area contributed by atoms with E-state index in [0.717, 1.165) is 37.1 Å². The minimum absolute atomic E-state index is 0.124. The van der Waals surface area contributed by atoms with Crippen molar-refractivity contribution in [3.8, 4) is 0 Å². The summed E-state index contributed by atoms with van der Waals surface area (Å²) >= 11 is 0. The molecule has 21 heavy (non-hydrogen) atoms. The Morgan fingerprint density at radius 1 is 1.29 bits per heavy atom. The molecule has 2 aliphatic carbocycles. The van der Waals surface area contributed by atoms with E-state index in [1.165, 1.54) is 32.2 Å². The highest BCUT2D eigenvalue weighted by Crippen LogP contribution is 2.48. The van der Waals surface area contributed by atoms with E-state index in [1.54, 1.807) is 0 Å². The van der Waals surface area contributed by atoms with Crippen molar-refractivity contribution in [2.45, 2.75) is 70.9 Å². The quantitative estimate of drug-likeness (QED) is 0.687. The average Bonchev–Trinajstić information content (AvgIpc) is 3.00. The molecule has 2 aliphatic rings. The van der Waals surface area contributed by atoms with Crippen LogP contribution in [0.1, 0.15) is 59.3 Å². The Kier molecular flexibility index (Phi) is 6.10. The van der Waals surface area contributed by atoms with Gasteiger partial charge < -0.3 is 15.3 Å². The Morgan fingerprint density at radius 2 is 2.05 bits per heavy atom. The van der Waals surface area contributed by atoms with Crippen LogP contribution in [0.15, 0.2) is 0 Å². The van der Waals surface area contributed by atoms with E-state index in [2.05, 4.69) is 38.0 Å². The molecular formula is C18H36N2O. The first-order valence-corrected chi connectivity index (χ1v) is 8.99. The summed E-state index contributed by atoms with van der Waals surface area (Å²) in [5.41, 5.74) is -0.124. The summed E-state index contributed by atoms with van der Waals surface area (Å²) in [6.07, 6.45) is 8.19. The van der Waals surface area contributed by atoms with Crippen molar-refractivity contribution in [2.75, 3.05) is 26.7 Å². The fourth-order valence-corrected chi connectivity index (χ4v) is 4.72. The molecule has 3 heteroatoms. The van der Waals surface area contributed by atoms with Crippen LogP contribution in [0.4, 0.5) is 0 Å². The van der Waals surface area contributed by atoms with Crippen LogP contribution < -0.4 is 5.32 Å². The maximum atomic E-state index is 9.62. The van der Waals surface area contributed by atoms with Gasteiger partial charge in [-0.05, 0) is 70.4 Å². The average molecular weight is 296 g/mol. The lowest BCUT2D eigenvalue weighted by molar-refractivity contribution is 0.146. The molecule has 124 valence electrons. The topological polar surface area (TPSA) is 35.5 Å². The summed E-state index contributed by atoms with van der Waals surface area (Å²) in [5, 5.41) is 13.1. The molecule has 2 saturated carbocycles. The van der Waals surface area contributed by atoms with E-state index >= 15 is 0 Å². The van der Waals surface area contributed by atoms with E-state index in [9.17, 15) is 5.11 Å². The zero-order valence-corrected chi connectivity index (χ0v) is 14.6. The van der Waals surface area contributed by atoms with Gasteiger partial charge in [-0.25, -0.2) is 0 Å². The van der Waals surface area contributed by atoms with Crippen LogP contribution in [0.3, 0.4) is 0 Å². The molecule has 0 amide bonds. The number of nitrogens with zero attached hydrogens (tertiary/aromatic N) is 1. The summed E-state index contributed by atoms with van der Waals surface area (Å²) in [6.45, 7) is 9.10. The number of nitrogens with one attached hydrogen (secondary N) is 1. The fraction of sp³-hybridized carbons (Fsp3) is 1.00. The van der Waals surface area contributed by atoms with Gasteiger partial charge in [-0.2, -0.15) is 0 Å². The number of fused-ring (bicyclic) bond motifs is 2. The van der Waals surface area contributed by atoms with Crippen LogP contribution >= 0.6 is 0 Å². The second-order valence-corrected chi connectivity index (χ2v) is 8.32. The highest BCUT2D eigenvalue weighted by Gasteiger charge is 2.39. The van der Waals surface area contributed by atoms with Gasteiger partial charge in [-0.15, -0.1) is 0 Å². The monoisotopic (exact) mass is 296 g/mol. The van der Waals surface area contributed by atoms with Crippen LogP contribution in [-0.4, -0.2) is 48.3 Å². The molecule has 0 heterocycles. The molecule has 2 N–H and O–H groups in total. The number of aliphatic hydroxyl groups excluding tert-OH is 1. The lowest BCUT2D eigenvalue weighted by Gasteiger charge is -2.32. The highest BCUT2D eigenvalue weighted by molar-refractivity contribution is 4.91. The van der Waals surface area contributed by atoms with Gasteiger partial charge in [0.15, 0.2) is 0 Å². The normalized spacial score (nSPS) is 31.3. The van der Waals surface area contributed by atoms with Crippen LogP contribution in [-0.2, 0) is 0 Å². The molecule has 4 unspecified atom stereocenters. The molecule has 2 fully saturated rings. The Morgan fingerprint density at radius 3 is 2.57 bits per heavy atom. The van der Waals surface area contributed by atoms with E-state index in [0.29, 0.717) is 6.04 Å². The van der Waals surface area contributed by atoms with Gasteiger partial charge in [0.1, 0.15) is 0 Å². The SMILES string of the molecule is CC(C)NC(C)(CO)CCCN(C)CC1CC2CCC1C2. The van der Waals surface area contributed by atoms with Gasteiger partial charge in [0.2, 0.25) is 0 Å². The smallest absolute Gasteiger partial charge is 0.0610 e. The summed E-state index contributed by atoms with van der Waals surface area (Å²) in [6, 6.07) is 0.425. The molecule has 0 spiro atoms. The Bertz CT molecular complexity index is 320. The van der Waals surface area contributed by atoms with E-state index in [1.807, 2.05) is 0 Å². The number of aliphatic hydroxyl groups is 1. The van der Waals surface area contributed by atoms with Crippen LogP contribution in [0.5, 0.6) is 0 Å². The molecule has 2 bridgehead atoms. The molecule has 0 radical (unpaired) electrons. The second kappa shape index (κ2) is 7.43. The van der Waals surface area contributed by atoms with Gasteiger partial charge in [0, 0.05) is 18.1 Å². The summed E-state index contributed by atoms with van der Waals surface area (Å²) < 4.78 is 0. The first-order valence-electron chi connectivity index (χ1n) is 8.99. The standard InChI is InChI=1S/C18H36N2O/c1-14(2)19-18(3,13-21)8-5-9-20(4)12-17-11-15-6-7-16(17)10-15/h14-17,19,21H,5-13H2,1-4H3. The first kappa shape index (κ1) is 17.2. The predicted molar refractivity (Wildman–Crippen MR) is 89.4 cm³/mol. The minimum atomic E-state index is -0.124. The van der Waals surface area contributed by atoms with E-state index < -0.39 is 0 Å².